The molecule has 0 aliphatic heterocycles. The minimum Gasteiger partial charge on any atom is -0.263 e. The molecule has 0 amide bonds. The quantitative estimate of drug-likeness (QED) is 0.0542. The second-order valence-electron chi connectivity index (χ2n) is 16.9. The van der Waals surface area contributed by atoms with E-state index in [1.54, 1.807) is 0 Å². The van der Waals surface area contributed by atoms with E-state index in [0.29, 0.717) is 0 Å². The molecule has 0 saturated carbocycles. The number of hydrogen-bond acceptors (Lipinski definition) is 0. The van der Waals surface area contributed by atoms with Gasteiger partial charge in [0.15, 0.2) is 69.8 Å². The third-order valence-corrected chi connectivity index (χ3v) is 11.8. The first-order valence-electron chi connectivity index (χ1n) is 21.5. The van der Waals surface area contributed by atoms with Crippen LogP contribution in [0.3, 0.4) is 0 Å². The fraction of sp³-hybridized carbons (Fsp3) is 0.109. The molecule has 0 radical (unpaired) electrons. The van der Waals surface area contributed by atoms with Gasteiger partial charge in [-0.3, -0.25) is 6.08 Å². The second-order valence-corrected chi connectivity index (χ2v) is 16.9. The third kappa shape index (κ3) is 12.7. The van der Waals surface area contributed by atoms with Gasteiger partial charge in [-0.1, -0.05) is 51.3 Å². The molecule has 77 heavy (non-hydrogen) atoms. The molecule has 0 bridgehead atoms. The first-order valence-corrected chi connectivity index (χ1v) is 21.5. The number of allylic oxidation sites excluding steroid dienone is 4. The SMILES string of the molecule is CC1=[C-]C(C)(C)C(C)=C1C.Fc1c(F)c(F)c([B-](c2c(F)c(F)c(F)c(F)c2F)(c2c(F)c(F)c(F)c(F)c2F)c2c(F)c(F)c(F)c(F)c2F)c(F)c1F.[CH2-]c1ccccc1.[CH2-]c1ccccc1.[CH2-]c1ccccc1.[Ti+4]. The van der Waals surface area contributed by atoms with Gasteiger partial charge in [-0.05, 0) is 0 Å². The van der Waals surface area contributed by atoms with E-state index < -0.39 is 144 Å². The molecule has 1 aliphatic carbocycles. The molecule has 0 saturated heterocycles. The average Bonchev–Trinajstić information content (AvgIpc) is 3.57. The van der Waals surface area contributed by atoms with Crippen molar-refractivity contribution >= 4 is 28.0 Å². The van der Waals surface area contributed by atoms with Crippen molar-refractivity contribution in [2.75, 3.05) is 0 Å². The second kappa shape index (κ2) is 25.9. The Morgan fingerprint density at radius 2 is 0.481 bits per heavy atom. The van der Waals surface area contributed by atoms with Crippen LogP contribution in [0.25, 0.3) is 0 Å². The molecule has 0 N–H and O–H groups in total. The zero-order valence-electron chi connectivity index (χ0n) is 40.4. The molecular formula is C55H36BF20Ti-. The van der Waals surface area contributed by atoms with Crippen LogP contribution in [-0.2, 0) is 21.7 Å². The molecule has 0 aromatic heterocycles. The van der Waals surface area contributed by atoms with Crippen LogP contribution in [0, 0.1) is 149 Å². The minimum absolute atomic E-state index is 0. The van der Waals surface area contributed by atoms with Gasteiger partial charge < -0.3 is 0 Å². The average molecular weight is 1140 g/mol. The van der Waals surface area contributed by atoms with Crippen LogP contribution >= 0.6 is 0 Å². The first kappa shape index (κ1) is 64.3. The van der Waals surface area contributed by atoms with E-state index in [1.807, 2.05) is 91.0 Å². The topological polar surface area (TPSA) is 0 Å². The summed E-state index contributed by atoms with van der Waals surface area (Å²) >= 11 is 0. The van der Waals surface area contributed by atoms with E-state index in [-0.39, 0.29) is 27.1 Å². The standard InChI is InChI=1S/C24BF20.C10H15.3C7H7.Ti/c26-5-1(6(27)14(35)21(42)13(5)34)25(2-7(28)15(36)22(43)16(37)8(2)29,3-9(30)17(38)23(44)18(39)10(3)31)4-11(32)19(40)24(45)20(41)12(4)33;1-7-6-10(4,5)9(3)8(7)2;3*1-7-5-3-2-4-6-7;/h;1-5H3;3*2-6H,1H2;/q5*-1;+4. The maximum atomic E-state index is 15.4. The van der Waals surface area contributed by atoms with Gasteiger partial charge in [0.05, 0.1) is 0 Å². The molecule has 7 aromatic rings. The summed E-state index contributed by atoms with van der Waals surface area (Å²) in [6, 6.07) is 29.6. The fourth-order valence-electron chi connectivity index (χ4n) is 7.71. The van der Waals surface area contributed by atoms with Crippen LogP contribution < -0.4 is 21.9 Å². The van der Waals surface area contributed by atoms with E-state index in [0.717, 1.165) is 16.7 Å². The van der Waals surface area contributed by atoms with Gasteiger partial charge in [0, 0.05) is 0 Å². The van der Waals surface area contributed by atoms with Crippen molar-refractivity contribution in [1.82, 2.24) is 0 Å². The van der Waals surface area contributed by atoms with Crippen LogP contribution in [0.15, 0.2) is 108 Å². The Morgan fingerprint density at radius 1 is 0.312 bits per heavy atom. The van der Waals surface area contributed by atoms with Crippen molar-refractivity contribution in [3.05, 3.63) is 268 Å². The summed E-state index contributed by atoms with van der Waals surface area (Å²) in [5.74, 6) is -71.4. The summed E-state index contributed by atoms with van der Waals surface area (Å²) < 4.78 is 294. The van der Waals surface area contributed by atoms with Gasteiger partial charge in [-0.2, -0.15) is 85.0 Å². The number of rotatable bonds is 4. The normalized spacial score (nSPS) is 12.4. The largest absolute Gasteiger partial charge is 4.00 e. The predicted octanol–water partition coefficient (Wildman–Crippen LogP) is 14.6. The van der Waals surface area contributed by atoms with Crippen molar-refractivity contribution in [1.29, 1.82) is 0 Å². The van der Waals surface area contributed by atoms with Crippen molar-refractivity contribution in [3.63, 3.8) is 0 Å². The molecule has 1 aliphatic rings. The van der Waals surface area contributed by atoms with Gasteiger partial charge in [0.2, 0.25) is 0 Å². The summed E-state index contributed by atoms with van der Waals surface area (Å²) in [5, 5.41) is 0. The maximum Gasteiger partial charge on any atom is 4.00 e. The molecule has 0 unspecified atom stereocenters. The summed E-state index contributed by atoms with van der Waals surface area (Å²) in [7, 11) is 0. The Bertz CT molecular complexity index is 2860. The third-order valence-electron chi connectivity index (χ3n) is 11.8. The molecular weight excluding hydrogens is 1100 g/mol. The van der Waals surface area contributed by atoms with Crippen LogP contribution in [-0.4, -0.2) is 6.15 Å². The Labute approximate surface area is 443 Å². The van der Waals surface area contributed by atoms with E-state index in [4.69, 9.17) is 0 Å². The Morgan fingerprint density at radius 3 is 0.584 bits per heavy atom. The van der Waals surface area contributed by atoms with Crippen molar-refractivity contribution in [2.24, 2.45) is 5.41 Å². The van der Waals surface area contributed by atoms with Crippen molar-refractivity contribution in [3.8, 4) is 0 Å². The van der Waals surface area contributed by atoms with E-state index >= 15 is 35.1 Å². The van der Waals surface area contributed by atoms with E-state index in [9.17, 15) is 52.7 Å². The zero-order chi connectivity index (χ0) is 57.6. The zero-order valence-corrected chi connectivity index (χ0v) is 42.0. The number of benzene rings is 7. The molecule has 0 heterocycles. The summed E-state index contributed by atoms with van der Waals surface area (Å²) in [5.41, 5.74) is -6.72. The van der Waals surface area contributed by atoms with Gasteiger partial charge in [0.1, 0.15) is 52.7 Å². The molecule has 7 aromatic carbocycles. The molecule has 0 spiro atoms. The van der Waals surface area contributed by atoms with Crippen LogP contribution in [0.5, 0.6) is 0 Å². The number of hydrogen-bond donors (Lipinski definition) is 0. The molecule has 404 valence electrons. The molecule has 0 nitrogen and oxygen atoms in total. The Kier molecular flexibility index (Phi) is 21.6. The van der Waals surface area contributed by atoms with Crippen LogP contribution in [0.1, 0.15) is 51.3 Å². The minimum atomic E-state index is -7.22. The van der Waals surface area contributed by atoms with Gasteiger partial charge in [0.25, 0.3) is 0 Å². The summed E-state index contributed by atoms with van der Waals surface area (Å²) in [6.45, 7) is 22.1. The van der Waals surface area contributed by atoms with Crippen molar-refractivity contribution < 1.29 is 110 Å². The van der Waals surface area contributed by atoms with Crippen molar-refractivity contribution in [2.45, 2.75) is 34.6 Å². The van der Waals surface area contributed by atoms with Crippen LogP contribution in [0.4, 0.5) is 87.8 Å². The number of halogens is 20. The molecule has 8 rings (SSSR count). The summed E-state index contributed by atoms with van der Waals surface area (Å²) in [4.78, 5) is 0. The van der Waals surface area contributed by atoms with E-state index in [2.05, 4.69) is 61.5 Å². The monoisotopic (exact) mass is 1140 g/mol. The van der Waals surface area contributed by atoms with Gasteiger partial charge >= 0.3 is 21.7 Å². The molecule has 0 atom stereocenters. The Hall–Kier alpha value is -6.99. The Balaban J connectivity index is 0.000000385. The smallest absolute Gasteiger partial charge is 0.263 e. The molecule has 0 fully saturated rings. The fourth-order valence-corrected chi connectivity index (χ4v) is 7.71. The first-order chi connectivity index (χ1) is 35.3. The van der Waals surface area contributed by atoms with Gasteiger partial charge in [-0.15, -0.1) is 65.2 Å². The van der Waals surface area contributed by atoms with E-state index in [1.165, 1.54) is 16.7 Å². The predicted molar refractivity (Wildman–Crippen MR) is 247 cm³/mol. The van der Waals surface area contributed by atoms with Gasteiger partial charge in [-0.25, -0.2) is 93.4 Å². The molecule has 22 heteroatoms. The van der Waals surface area contributed by atoms with Crippen LogP contribution in [0.2, 0.25) is 0 Å². The maximum absolute atomic E-state index is 15.4. The summed E-state index contributed by atoms with van der Waals surface area (Å²) in [6.07, 6.45) is -3.78.